The summed E-state index contributed by atoms with van der Waals surface area (Å²) >= 11 is 3.14. The van der Waals surface area contributed by atoms with Crippen LogP contribution in [0.5, 0.6) is 0 Å². The highest BCUT2D eigenvalue weighted by Crippen LogP contribution is 2.34. The maximum atomic E-state index is 12.2. The molecule has 1 N–H and O–H groups in total. The minimum Gasteiger partial charge on any atom is -0.315 e. The van der Waals surface area contributed by atoms with Crippen molar-refractivity contribution in [3.63, 3.8) is 0 Å². The zero-order valence-corrected chi connectivity index (χ0v) is 13.0. The Hall–Kier alpha value is -1.68. The Morgan fingerprint density at radius 2 is 2.33 bits per heavy atom. The van der Waals surface area contributed by atoms with Gasteiger partial charge >= 0.3 is 0 Å². The molecular weight excluding hydrogens is 302 g/mol. The molecule has 3 rings (SSSR count). The molecule has 2 aromatic heterocycles. The third-order valence-corrected chi connectivity index (χ3v) is 5.42. The average molecular weight is 317 g/mol. The van der Waals surface area contributed by atoms with Crippen molar-refractivity contribution >= 4 is 33.6 Å². The second kappa shape index (κ2) is 6.39. The summed E-state index contributed by atoms with van der Waals surface area (Å²) in [6, 6.07) is 8.37. The summed E-state index contributed by atoms with van der Waals surface area (Å²) in [6.07, 6.45) is 2.23. The van der Waals surface area contributed by atoms with Gasteiger partial charge in [0.25, 0.3) is 0 Å². The van der Waals surface area contributed by atoms with Crippen molar-refractivity contribution in [2.45, 2.75) is 18.9 Å². The Bertz CT molecular complexity index is 657. The molecule has 21 heavy (non-hydrogen) atoms. The monoisotopic (exact) mass is 317 g/mol. The smallest absolute Gasteiger partial charge is 0.239 e. The molecule has 108 valence electrons. The number of thiophene rings is 2. The number of rotatable bonds is 4. The van der Waals surface area contributed by atoms with Gasteiger partial charge in [-0.05, 0) is 42.3 Å². The van der Waals surface area contributed by atoms with E-state index in [-0.39, 0.29) is 5.91 Å². The van der Waals surface area contributed by atoms with Gasteiger partial charge in [-0.1, -0.05) is 6.07 Å². The lowest BCUT2D eigenvalue weighted by molar-refractivity contribution is -0.117. The molecule has 6 heteroatoms. The van der Waals surface area contributed by atoms with Crippen LogP contribution in [-0.4, -0.2) is 23.9 Å². The number of anilines is 1. The molecule has 0 aliphatic carbocycles. The van der Waals surface area contributed by atoms with Crippen molar-refractivity contribution in [1.29, 1.82) is 5.26 Å². The van der Waals surface area contributed by atoms with Crippen molar-refractivity contribution < 1.29 is 4.79 Å². The molecule has 0 unspecified atom stereocenters. The van der Waals surface area contributed by atoms with Crippen LogP contribution in [0.25, 0.3) is 0 Å². The fourth-order valence-electron chi connectivity index (χ4n) is 2.66. The van der Waals surface area contributed by atoms with Crippen molar-refractivity contribution in [2.75, 3.05) is 18.4 Å². The van der Waals surface area contributed by atoms with Crippen LogP contribution in [-0.2, 0) is 4.79 Å². The average Bonchev–Trinajstić information content (AvgIpc) is 3.18. The number of nitrogens with zero attached hydrogens (tertiary/aromatic N) is 2. The molecule has 1 aliphatic heterocycles. The maximum Gasteiger partial charge on any atom is 0.239 e. The van der Waals surface area contributed by atoms with Crippen LogP contribution in [0.4, 0.5) is 5.00 Å². The van der Waals surface area contributed by atoms with Gasteiger partial charge in [0, 0.05) is 10.9 Å². The van der Waals surface area contributed by atoms with Crippen molar-refractivity contribution in [2.24, 2.45) is 0 Å². The lowest BCUT2D eigenvalue weighted by Crippen LogP contribution is -2.32. The Labute approximate surface area is 131 Å². The van der Waals surface area contributed by atoms with E-state index in [0.29, 0.717) is 23.2 Å². The highest BCUT2D eigenvalue weighted by atomic mass is 32.1. The van der Waals surface area contributed by atoms with E-state index in [0.717, 1.165) is 19.4 Å². The number of hydrogen-bond donors (Lipinski definition) is 1. The van der Waals surface area contributed by atoms with E-state index in [1.165, 1.54) is 16.2 Å². The van der Waals surface area contributed by atoms with Gasteiger partial charge in [0.2, 0.25) is 5.91 Å². The third kappa shape index (κ3) is 3.16. The van der Waals surface area contributed by atoms with Crippen LogP contribution in [0, 0.1) is 11.3 Å². The summed E-state index contributed by atoms with van der Waals surface area (Å²) in [5.41, 5.74) is 0.532. The summed E-state index contributed by atoms with van der Waals surface area (Å²) in [7, 11) is 0. The number of carbonyl (C=O) groups is 1. The standard InChI is InChI=1S/C15H15N3OS2/c16-9-11-5-8-21-15(11)17-14(19)10-18-6-1-3-12(18)13-4-2-7-20-13/h2,4-5,7-8,12H,1,3,6,10H2,(H,17,19)/t12-/m0/s1. The molecule has 0 spiro atoms. The molecule has 0 saturated carbocycles. The SMILES string of the molecule is N#Cc1ccsc1NC(=O)CN1CCC[C@H]1c1cccs1. The number of amides is 1. The zero-order chi connectivity index (χ0) is 14.7. The van der Waals surface area contributed by atoms with Crippen LogP contribution >= 0.6 is 22.7 Å². The normalized spacial score (nSPS) is 18.5. The van der Waals surface area contributed by atoms with Gasteiger partial charge in [-0.25, -0.2) is 0 Å². The molecule has 0 radical (unpaired) electrons. The second-order valence-corrected chi connectivity index (χ2v) is 6.86. The predicted molar refractivity (Wildman–Crippen MR) is 85.5 cm³/mol. The molecule has 1 atom stereocenters. The Morgan fingerprint density at radius 1 is 1.43 bits per heavy atom. The quantitative estimate of drug-likeness (QED) is 0.939. The number of nitriles is 1. The van der Waals surface area contributed by atoms with Crippen LogP contribution in [0.15, 0.2) is 29.0 Å². The summed E-state index contributed by atoms with van der Waals surface area (Å²) in [5.74, 6) is -0.0441. The van der Waals surface area contributed by atoms with E-state index in [1.54, 1.807) is 17.4 Å². The Kier molecular flexibility index (Phi) is 4.34. The first-order valence-corrected chi connectivity index (χ1v) is 8.59. The Balaban J connectivity index is 1.63. The summed E-state index contributed by atoms with van der Waals surface area (Å²) in [5, 5.41) is 16.4. The molecule has 1 aliphatic rings. The maximum absolute atomic E-state index is 12.2. The third-order valence-electron chi connectivity index (χ3n) is 3.62. The highest BCUT2D eigenvalue weighted by molar-refractivity contribution is 7.14. The summed E-state index contributed by atoms with van der Waals surface area (Å²) < 4.78 is 0. The van der Waals surface area contributed by atoms with Crippen molar-refractivity contribution in [3.8, 4) is 6.07 Å². The van der Waals surface area contributed by atoms with Gasteiger partial charge in [-0.2, -0.15) is 5.26 Å². The van der Waals surface area contributed by atoms with E-state index in [9.17, 15) is 4.79 Å². The molecule has 1 fully saturated rings. The minimum atomic E-state index is -0.0441. The van der Waals surface area contributed by atoms with Gasteiger partial charge in [0.15, 0.2) is 0 Å². The molecule has 0 aromatic carbocycles. The lowest BCUT2D eigenvalue weighted by Gasteiger charge is -2.22. The predicted octanol–water partition coefficient (Wildman–Crippen LogP) is 3.46. The summed E-state index contributed by atoms with van der Waals surface area (Å²) in [6.45, 7) is 1.33. The molecule has 3 heterocycles. The van der Waals surface area contributed by atoms with Gasteiger partial charge in [-0.15, -0.1) is 22.7 Å². The van der Waals surface area contributed by atoms with Gasteiger partial charge < -0.3 is 5.32 Å². The van der Waals surface area contributed by atoms with Crippen molar-refractivity contribution in [1.82, 2.24) is 4.90 Å². The highest BCUT2D eigenvalue weighted by Gasteiger charge is 2.28. The topological polar surface area (TPSA) is 56.1 Å². The van der Waals surface area contributed by atoms with Crippen molar-refractivity contribution in [3.05, 3.63) is 39.4 Å². The lowest BCUT2D eigenvalue weighted by atomic mass is 10.2. The molecule has 0 bridgehead atoms. The summed E-state index contributed by atoms with van der Waals surface area (Å²) in [4.78, 5) is 15.7. The fourth-order valence-corrected chi connectivity index (χ4v) is 4.31. The molecule has 1 saturated heterocycles. The molecule has 2 aromatic rings. The number of nitrogens with one attached hydrogen (secondary N) is 1. The largest absolute Gasteiger partial charge is 0.315 e. The molecule has 1 amide bonds. The number of likely N-dealkylation sites (tertiary alicyclic amines) is 1. The van der Waals surface area contributed by atoms with Crippen LogP contribution in [0.2, 0.25) is 0 Å². The molecule has 4 nitrogen and oxygen atoms in total. The van der Waals surface area contributed by atoms with E-state index >= 15 is 0 Å². The van der Waals surface area contributed by atoms with E-state index < -0.39 is 0 Å². The van der Waals surface area contributed by atoms with Crippen LogP contribution in [0.3, 0.4) is 0 Å². The number of carbonyl (C=O) groups excluding carboxylic acids is 1. The molecular formula is C15H15N3OS2. The van der Waals surface area contributed by atoms with Crippen LogP contribution < -0.4 is 5.32 Å². The van der Waals surface area contributed by atoms with E-state index in [2.05, 4.69) is 33.8 Å². The minimum absolute atomic E-state index is 0.0441. The zero-order valence-electron chi connectivity index (χ0n) is 11.4. The van der Waals surface area contributed by atoms with E-state index in [1.807, 2.05) is 5.38 Å². The first-order valence-electron chi connectivity index (χ1n) is 6.83. The van der Waals surface area contributed by atoms with Gasteiger partial charge in [0.05, 0.1) is 12.1 Å². The van der Waals surface area contributed by atoms with Gasteiger partial charge in [0.1, 0.15) is 11.1 Å². The second-order valence-electron chi connectivity index (χ2n) is 4.97. The Morgan fingerprint density at radius 3 is 3.10 bits per heavy atom. The number of hydrogen-bond acceptors (Lipinski definition) is 5. The van der Waals surface area contributed by atoms with E-state index in [4.69, 9.17) is 5.26 Å². The first kappa shape index (κ1) is 14.3. The fraction of sp³-hybridized carbons (Fsp3) is 0.333. The first-order chi connectivity index (χ1) is 10.3. The van der Waals surface area contributed by atoms with Gasteiger partial charge in [-0.3, -0.25) is 9.69 Å². The van der Waals surface area contributed by atoms with Crippen LogP contribution in [0.1, 0.15) is 29.3 Å².